The first kappa shape index (κ1) is 12.0. The largest absolute Gasteiger partial charge is 0.376 e. The van der Waals surface area contributed by atoms with Crippen LogP contribution in [0.1, 0.15) is 33.6 Å². The molecule has 0 amide bonds. The number of rotatable bonds is 6. The van der Waals surface area contributed by atoms with Crippen molar-refractivity contribution in [3.05, 3.63) is 0 Å². The van der Waals surface area contributed by atoms with Crippen molar-refractivity contribution in [2.45, 2.75) is 45.3 Å². The Bertz CT molecular complexity index is 150. The summed E-state index contributed by atoms with van der Waals surface area (Å²) in [6.45, 7) is 10.1. The van der Waals surface area contributed by atoms with Crippen LogP contribution in [0.25, 0.3) is 0 Å². The maximum atomic E-state index is 5.56. The SMILES string of the molecule is CC(C)(C)NCCCCOC1COC1. The average Bonchev–Trinajstić information content (AvgIpc) is 1.97. The van der Waals surface area contributed by atoms with Gasteiger partial charge < -0.3 is 14.8 Å². The van der Waals surface area contributed by atoms with E-state index in [4.69, 9.17) is 9.47 Å². The van der Waals surface area contributed by atoms with E-state index in [1.165, 1.54) is 6.42 Å². The predicted molar refractivity (Wildman–Crippen MR) is 57.5 cm³/mol. The Labute approximate surface area is 87.2 Å². The summed E-state index contributed by atoms with van der Waals surface area (Å²) in [5, 5.41) is 3.46. The van der Waals surface area contributed by atoms with Gasteiger partial charge in [0.15, 0.2) is 0 Å². The van der Waals surface area contributed by atoms with E-state index in [0.29, 0.717) is 6.10 Å². The van der Waals surface area contributed by atoms with Gasteiger partial charge in [-0.25, -0.2) is 0 Å². The second kappa shape index (κ2) is 5.69. The summed E-state index contributed by atoms with van der Waals surface area (Å²) >= 11 is 0. The monoisotopic (exact) mass is 201 g/mol. The minimum Gasteiger partial charge on any atom is -0.376 e. The van der Waals surface area contributed by atoms with Gasteiger partial charge in [0.25, 0.3) is 0 Å². The molecule has 0 aromatic rings. The third-order valence-electron chi connectivity index (χ3n) is 2.19. The summed E-state index contributed by atoms with van der Waals surface area (Å²) < 4.78 is 10.6. The van der Waals surface area contributed by atoms with Crippen LogP contribution in [0.4, 0.5) is 0 Å². The maximum Gasteiger partial charge on any atom is 0.104 e. The fourth-order valence-electron chi connectivity index (χ4n) is 1.25. The normalized spacial score (nSPS) is 18.2. The van der Waals surface area contributed by atoms with Crippen molar-refractivity contribution >= 4 is 0 Å². The van der Waals surface area contributed by atoms with Crippen molar-refractivity contribution < 1.29 is 9.47 Å². The van der Waals surface area contributed by atoms with Gasteiger partial charge in [-0.3, -0.25) is 0 Å². The van der Waals surface area contributed by atoms with Crippen LogP contribution in [-0.4, -0.2) is 38.0 Å². The number of ether oxygens (including phenoxy) is 2. The van der Waals surface area contributed by atoms with Crippen LogP contribution in [0.2, 0.25) is 0 Å². The summed E-state index contributed by atoms with van der Waals surface area (Å²) in [4.78, 5) is 0. The second-order valence-electron chi connectivity index (χ2n) is 4.91. The molecule has 0 unspecified atom stereocenters. The Morgan fingerprint density at radius 3 is 2.50 bits per heavy atom. The van der Waals surface area contributed by atoms with Gasteiger partial charge >= 0.3 is 0 Å². The zero-order valence-corrected chi connectivity index (χ0v) is 9.64. The van der Waals surface area contributed by atoms with Crippen molar-refractivity contribution in [1.82, 2.24) is 5.32 Å². The van der Waals surface area contributed by atoms with E-state index in [9.17, 15) is 0 Å². The Balaban J connectivity index is 1.80. The zero-order valence-electron chi connectivity index (χ0n) is 9.64. The van der Waals surface area contributed by atoms with E-state index in [0.717, 1.165) is 32.8 Å². The van der Waals surface area contributed by atoms with Crippen LogP contribution in [0.5, 0.6) is 0 Å². The van der Waals surface area contributed by atoms with Gasteiger partial charge in [0.2, 0.25) is 0 Å². The van der Waals surface area contributed by atoms with E-state index >= 15 is 0 Å². The molecule has 0 atom stereocenters. The molecule has 0 bridgehead atoms. The van der Waals surface area contributed by atoms with E-state index in [1.807, 2.05) is 0 Å². The summed E-state index contributed by atoms with van der Waals surface area (Å²) in [6.07, 6.45) is 2.70. The molecular formula is C11H23NO2. The van der Waals surface area contributed by atoms with E-state index < -0.39 is 0 Å². The summed E-state index contributed by atoms with van der Waals surface area (Å²) in [5.41, 5.74) is 0.239. The third-order valence-corrected chi connectivity index (χ3v) is 2.19. The fourth-order valence-corrected chi connectivity index (χ4v) is 1.25. The standard InChI is InChI=1S/C11H23NO2/c1-11(2,3)12-6-4-5-7-14-10-8-13-9-10/h10,12H,4-9H2,1-3H3. The highest BCUT2D eigenvalue weighted by atomic mass is 16.6. The molecular weight excluding hydrogens is 178 g/mol. The quantitative estimate of drug-likeness (QED) is 0.662. The van der Waals surface area contributed by atoms with Gasteiger partial charge in [-0.15, -0.1) is 0 Å². The van der Waals surface area contributed by atoms with Gasteiger partial charge in [-0.05, 0) is 40.2 Å². The van der Waals surface area contributed by atoms with Crippen LogP contribution in [0, 0.1) is 0 Å². The fraction of sp³-hybridized carbons (Fsp3) is 1.00. The van der Waals surface area contributed by atoms with Crippen LogP contribution >= 0.6 is 0 Å². The van der Waals surface area contributed by atoms with Gasteiger partial charge in [-0.1, -0.05) is 0 Å². The van der Waals surface area contributed by atoms with Gasteiger partial charge in [0.1, 0.15) is 6.10 Å². The van der Waals surface area contributed by atoms with Crippen LogP contribution in [0.3, 0.4) is 0 Å². The van der Waals surface area contributed by atoms with Crippen molar-refractivity contribution in [2.75, 3.05) is 26.4 Å². The van der Waals surface area contributed by atoms with Crippen LogP contribution in [-0.2, 0) is 9.47 Å². The first-order valence-electron chi connectivity index (χ1n) is 5.52. The first-order valence-corrected chi connectivity index (χ1v) is 5.52. The third kappa shape index (κ3) is 5.58. The Hall–Kier alpha value is -0.120. The van der Waals surface area contributed by atoms with E-state index in [-0.39, 0.29) is 5.54 Å². The minimum absolute atomic E-state index is 0.239. The number of hydrogen-bond acceptors (Lipinski definition) is 3. The van der Waals surface area contributed by atoms with E-state index in [1.54, 1.807) is 0 Å². The second-order valence-corrected chi connectivity index (χ2v) is 4.91. The number of unbranched alkanes of at least 4 members (excludes halogenated alkanes) is 1. The highest BCUT2D eigenvalue weighted by molar-refractivity contribution is 4.69. The molecule has 3 nitrogen and oxygen atoms in total. The summed E-state index contributed by atoms with van der Waals surface area (Å²) in [6, 6.07) is 0. The molecule has 1 heterocycles. The summed E-state index contributed by atoms with van der Waals surface area (Å²) in [5.74, 6) is 0. The van der Waals surface area contributed by atoms with E-state index in [2.05, 4.69) is 26.1 Å². The lowest BCUT2D eigenvalue weighted by atomic mass is 10.1. The topological polar surface area (TPSA) is 30.5 Å². The van der Waals surface area contributed by atoms with Crippen molar-refractivity contribution in [1.29, 1.82) is 0 Å². The Morgan fingerprint density at radius 2 is 2.00 bits per heavy atom. The molecule has 0 radical (unpaired) electrons. The molecule has 0 spiro atoms. The lowest BCUT2D eigenvalue weighted by Gasteiger charge is -2.26. The average molecular weight is 201 g/mol. The molecule has 1 fully saturated rings. The summed E-state index contributed by atoms with van der Waals surface area (Å²) in [7, 11) is 0. The molecule has 0 aromatic heterocycles. The lowest BCUT2D eigenvalue weighted by Crippen LogP contribution is -2.37. The van der Waals surface area contributed by atoms with Gasteiger partial charge in [0.05, 0.1) is 13.2 Å². The molecule has 1 aliphatic heterocycles. The molecule has 14 heavy (non-hydrogen) atoms. The number of hydrogen-bond donors (Lipinski definition) is 1. The first-order chi connectivity index (χ1) is 6.58. The predicted octanol–water partition coefficient (Wildman–Crippen LogP) is 1.57. The Morgan fingerprint density at radius 1 is 1.29 bits per heavy atom. The maximum absolute atomic E-state index is 5.56. The highest BCUT2D eigenvalue weighted by Gasteiger charge is 2.17. The Kier molecular flexibility index (Phi) is 4.85. The number of nitrogens with one attached hydrogen (secondary N) is 1. The van der Waals surface area contributed by atoms with Gasteiger partial charge in [-0.2, -0.15) is 0 Å². The molecule has 0 aromatic carbocycles. The molecule has 1 aliphatic rings. The smallest absolute Gasteiger partial charge is 0.104 e. The van der Waals surface area contributed by atoms with Crippen molar-refractivity contribution in [3.63, 3.8) is 0 Å². The van der Waals surface area contributed by atoms with Crippen LogP contribution in [0.15, 0.2) is 0 Å². The molecule has 1 rings (SSSR count). The molecule has 0 aliphatic carbocycles. The molecule has 84 valence electrons. The van der Waals surface area contributed by atoms with Crippen molar-refractivity contribution in [3.8, 4) is 0 Å². The zero-order chi connectivity index (χ0) is 10.4. The van der Waals surface area contributed by atoms with Gasteiger partial charge in [0, 0.05) is 12.1 Å². The molecule has 1 N–H and O–H groups in total. The molecule has 3 heteroatoms. The highest BCUT2D eigenvalue weighted by Crippen LogP contribution is 2.06. The lowest BCUT2D eigenvalue weighted by molar-refractivity contribution is -0.129. The van der Waals surface area contributed by atoms with Crippen molar-refractivity contribution in [2.24, 2.45) is 0 Å². The molecule has 1 saturated heterocycles. The van der Waals surface area contributed by atoms with Crippen LogP contribution < -0.4 is 5.32 Å². The molecule has 0 saturated carbocycles. The minimum atomic E-state index is 0.239.